The third kappa shape index (κ3) is 4.49. The Bertz CT molecular complexity index is 1060. The molecule has 1 atom stereocenters. The Balaban J connectivity index is 2.01. The van der Waals surface area contributed by atoms with Crippen molar-refractivity contribution in [3.63, 3.8) is 0 Å². The van der Waals surface area contributed by atoms with Gasteiger partial charge in [0.15, 0.2) is 11.5 Å². The number of allylic oxidation sites excluding steroid dienone is 1. The van der Waals surface area contributed by atoms with Crippen LogP contribution in [-0.4, -0.2) is 29.7 Å². The van der Waals surface area contributed by atoms with Crippen molar-refractivity contribution < 1.29 is 14.3 Å². The number of benzene rings is 2. The first-order chi connectivity index (χ1) is 14.5. The highest BCUT2D eigenvalue weighted by Crippen LogP contribution is 2.34. The van der Waals surface area contributed by atoms with Gasteiger partial charge in [-0.05, 0) is 36.8 Å². The van der Waals surface area contributed by atoms with Gasteiger partial charge in [0.05, 0.1) is 14.2 Å². The Hall–Kier alpha value is -3.25. The monoisotopic (exact) mass is 425 g/mol. The highest BCUT2D eigenvalue weighted by molar-refractivity contribution is 6.30. The quantitative estimate of drug-likeness (QED) is 0.598. The number of ether oxygens (including phenoxy) is 2. The van der Waals surface area contributed by atoms with E-state index >= 15 is 0 Å². The van der Waals surface area contributed by atoms with Crippen LogP contribution in [0.2, 0.25) is 5.02 Å². The van der Waals surface area contributed by atoms with Gasteiger partial charge in [0.25, 0.3) is 5.91 Å². The topological polar surface area (TPSA) is 65.4 Å². The number of carbonyl (C=O) groups excluding carboxylic acids is 1. The van der Waals surface area contributed by atoms with E-state index in [9.17, 15) is 4.79 Å². The summed E-state index contributed by atoms with van der Waals surface area (Å²) in [6, 6.07) is 10.3. The zero-order chi connectivity index (χ0) is 21.7. The van der Waals surface area contributed by atoms with Gasteiger partial charge in [-0.2, -0.15) is 0 Å². The number of hydrogen-bond donors (Lipinski definition) is 1. The van der Waals surface area contributed by atoms with Crippen molar-refractivity contribution in [2.45, 2.75) is 13.0 Å². The molecule has 0 radical (unpaired) electrons. The minimum atomic E-state index is -0.451. The molecule has 1 heterocycles. The van der Waals surface area contributed by atoms with E-state index in [1.54, 1.807) is 44.7 Å². The first-order valence-electron chi connectivity index (χ1n) is 9.40. The van der Waals surface area contributed by atoms with Crippen LogP contribution in [0.25, 0.3) is 6.08 Å². The standard InChI is InChI=1S/C23H24ClN3O3/c1-5-6-16-13-17(14-19(29-3)21(16)30-4)23(28)26-20(22-25-11-12-27(22)2)15-7-9-18(24)10-8-15/h5-14,20H,1-4H3,(H,26,28). The fraction of sp³-hybridized carbons (Fsp3) is 0.217. The van der Waals surface area contributed by atoms with Crippen LogP contribution in [0, 0.1) is 0 Å². The van der Waals surface area contributed by atoms with E-state index in [0.717, 1.165) is 11.1 Å². The minimum absolute atomic E-state index is 0.260. The predicted octanol–water partition coefficient (Wildman–Crippen LogP) is 4.64. The van der Waals surface area contributed by atoms with Crippen molar-refractivity contribution in [3.05, 3.63) is 82.4 Å². The molecule has 30 heavy (non-hydrogen) atoms. The lowest BCUT2D eigenvalue weighted by atomic mass is 10.0. The molecule has 156 valence electrons. The second-order valence-corrected chi connectivity index (χ2v) is 7.09. The van der Waals surface area contributed by atoms with Crippen molar-refractivity contribution in [2.75, 3.05) is 14.2 Å². The van der Waals surface area contributed by atoms with Gasteiger partial charge in [0, 0.05) is 35.6 Å². The molecule has 0 aliphatic carbocycles. The van der Waals surface area contributed by atoms with Crippen molar-refractivity contribution >= 4 is 23.6 Å². The van der Waals surface area contributed by atoms with Gasteiger partial charge in [-0.1, -0.05) is 35.9 Å². The molecule has 1 aromatic heterocycles. The molecule has 0 aliphatic rings. The number of halogens is 1. The second-order valence-electron chi connectivity index (χ2n) is 6.66. The fourth-order valence-electron chi connectivity index (χ4n) is 3.25. The number of nitrogens with zero attached hydrogens (tertiary/aromatic N) is 2. The number of aryl methyl sites for hydroxylation is 1. The molecule has 1 N–H and O–H groups in total. The molecule has 6 nitrogen and oxygen atoms in total. The van der Waals surface area contributed by atoms with Crippen LogP contribution in [0.5, 0.6) is 11.5 Å². The van der Waals surface area contributed by atoms with Crippen LogP contribution in [0.15, 0.2) is 54.9 Å². The minimum Gasteiger partial charge on any atom is -0.493 e. The van der Waals surface area contributed by atoms with Crippen LogP contribution < -0.4 is 14.8 Å². The Morgan fingerprint density at radius 3 is 2.50 bits per heavy atom. The van der Waals surface area contributed by atoms with E-state index in [0.29, 0.717) is 27.9 Å². The second kappa shape index (κ2) is 9.50. The highest BCUT2D eigenvalue weighted by Gasteiger charge is 2.23. The predicted molar refractivity (Wildman–Crippen MR) is 118 cm³/mol. The van der Waals surface area contributed by atoms with E-state index in [1.165, 1.54) is 0 Å². The molecule has 0 saturated heterocycles. The van der Waals surface area contributed by atoms with E-state index in [1.807, 2.05) is 49.0 Å². The summed E-state index contributed by atoms with van der Waals surface area (Å²) in [6.45, 7) is 1.90. The van der Waals surface area contributed by atoms with Crippen molar-refractivity contribution in [1.82, 2.24) is 14.9 Å². The van der Waals surface area contributed by atoms with E-state index in [-0.39, 0.29) is 5.91 Å². The van der Waals surface area contributed by atoms with Crippen LogP contribution in [-0.2, 0) is 7.05 Å². The average Bonchev–Trinajstić information content (AvgIpc) is 3.17. The average molecular weight is 426 g/mol. The molecule has 7 heteroatoms. The van der Waals surface area contributed by atoms with Crippen LogP contribution in [0.3, 0.4) is 0 Å². The summed E-state index contributed by atoms with van der Waals surface area (Å²) >= 11 is 6.04. The van der Waals surface area contributed by atoms with Gasteiger partial charge < -0.3 is 19.4 Å². The Kier molecular flexibility index (Phi) is 6.79. The molecule has 3 rings (SSSR count). The summed E-state index contributed by atoms with van der Waals surface area (Å²) in [5, 5.41) is 3.71. The lowest BCUT2D eigenvalue weighted by molar-refractivity contribution is 0.0940. The molecule has 1 amide bonds. The summed E-state index contributed by atoms with van der Waals surface area (Å²) < 4.78 is 12.8. The summed E-state index contributed by atoms with van der Waals surface area (Å²) in [5.41, 5.74) is 2.08. The van der Waals surface area contributed by atoms with Gasteiger partial charge in [-0.25, -0.2) is 4.98 Å². The fourth-order valence-corrected chi connectivity index (χ4v) is 3.38. The van der Waals surface area contributed by atoms with E-state index in [4.69, 9.17) is 21.1 Å². The number of hydrogen-bond acceptors (Lipinski definition) is 4. The number of nitrogens with one attached hydrogen (secondary N) is 1. The summed E-state index contributed by atoms with van der Waals surface area (Å²) in [7, 11) is 5.00. The maximum absolute atomic E-state index is 13.2. The number of amides is 1. The molecule has 2 aromatic carbocycles. The SMILES string of the molecule is CC=Cc1cc(C(=O)NC(c2ccc(Cl)cc2)c2nccn2C)cc(OC)c1OC. The molecule has 0 spiro atoms. The molecule has 0 saturated carbocycles. The third-order valence-electron chi connectivity index (χ3n) is 4.71. The first-order valence-corrected chi connectivity index (χ1v) is 9.78. The van der Waals surface area contributed by atoms with Gasteiger partial charge in [0.1, 0.15) is 11.9 Å². The molecular formula is C23H24ClN3O3. The molecule has 1 unspecified atom stereocenters. The molecule has 0 aliphatic heterocycles. The molecular weight excluding hydrogens is 402 g/mol. The van der Waals surface area contributed by atoms with E-state index < -0.39 is 6.04 Å². The normalized spacial score (nSPS) is 12.0. The Morgan fingerprint density at radius 1 is 1.20 bits per heavy atom. The zero-order valence-electron chi connectivity index (χ0n) is 17.3. The van der Waals surface area contributed by atoms with Crippen LogP contribution >= 0.6 is 11.6 Å². The lowest BCUT2D eigenvalue weighted by Gasteiger charge is -2.20. The number of imidazole rings is 1. The summed E-state index contributed by atoms with van der Waals surface area (Å²) in [6.07, 6.45) is 7.28. The third-order valence-corrected chi connectivity index (χ3v) is 4.96. The van der Waals surface area contributed by atoms with Crippen molar-refractivity contribution in [1.29, 1.82) is 0 Å². The first kappa shape index (κ1) is 21.5. The number of aromatic nitrogens is 2. The van der Waals surface area contributed by atoms with Crippen molar-refractivity contribution in [3.8, 4) is 11.5 Å². The smallest absolute Gasteiger partial charge is 0.252 e. The maximum atomic E-state index is 13.2. The number of carbonyl (C=O) groups is 1. The number of methoxy groups -OCH3 is 2. The Labute approximate surface area is 181 Å². The van der Waals surface area contributed by atoms with Gasteiger partial charge in [0.2, 0.25) is 0 Å². The lowest BCUT2D eigenvalue weighted by Crippen LogP contribution is -2.31. The maximum Gasteiger partial charge on any atom is 0.252 e. The zero-order valence-corrected chi connectivity index (χ0v) is 18.1. The largest absolute Gasteiger partial charge is 0.493 e. The van der Waals surface area contributed by atoms with Crippen LogP contribution in [0.1, 0.15) is 40.3 Å². The molecule has 3 aromatic rings. The van der Waals surface area contributed by atoms with Gasteiger partial charge in [-0.15, -0.1) is 0 Å². The Morgan fingerprint density at radius 2 is 1.93 bits per heavy atom. The van der Waals surface area contributed by atoms with Crippen LogP contribution in [0.4, 0.5) is 0 Å². The molecule has 0 fully saturated rings. The molecule has 0 bridgehead atoms. The van der Waals surface area contributed by atoms with Gasteiger partial charge in [-0.3, -0.25) is 4.79 Å². The summed E-state index contributed by atoms with van der Waals surface area (Å²) in [5.74, 6) is 1.51. The van der Waals surface area contributed by atoms with Gasteiger partial charge >= 0.3 is 0 Å². The number of rotatable bonds is 7. The highest BCUT2D eigenvalue weighted by atomic mass is 35.5. The van der Waals surface area contributed by atoms with E-state index in [2.05, 4.69) is 10.3 Å². The van der Waals surface area contributed by atoms with Crippen molar-refractivity contribution in [2.24, 2.45) is 7.05 Å². The summed E-state index contributed by atoms with van der Waals surface area (Å²) in [4.78, 5) is 17.7.